The van der Waals surface area contributed by atoms with Crippen molar-refractivity contribution in [1.29, 1.82) is 0 Å². The van der Waals surface area contributed by atoms with Crippen molar-refractivity contribution in [2.75, 3.05) is 6.54 Å². The second-order valence-corrected chi connectivity index (χ2v) is 8.84. The molecule has 28 heavy (non-hydrogen) atoms. The first kappa shape index (κ1) is 20.3. The van der Waals surface area contributed by atoms with E-state index < -0.39 is 10.0 Å². The minimum absolute atomic E-state index is 0.227. The number of rotatable bonds is 6. The van der Waals surface area contributed by atoms with Crippen LogP contribution < -0.4 is 10.4 Å². The first-order valence-corrected chi connectivity index (χ1v) is 10.7. The van der Waals surface area contributed by atoms with E-state index in [0.717, 1.165) is 27.8 Å². The fourth-order valence-electron chi connectivity index (χ4n) is 3.49. The third-order valence-corrected chi connectivity index (χ3v) is 7.26. The SMILES string of the molecule is Cc1c(C)c(C)c(S(=O)(=O)NCCCn2nc3ccccn3c2=O)c(C)c1C. The minimum Gasteiger partial charge on any atom is -0.250 e. The minimum atomic E-state index is -3.64. The van der Waals surface area contributed by atoms with Crippen LogP contribution in [0.4, 0.5) is 0 Å². The Labute approximate surface area is 165 Å². The summed E-state index contributed by atoms with van der Waals surface area (Å²) >= 11 is 0. The molecule has 8 heteroatoms. The van der Waals surface area contributed by atoms with Crippen molar-refractivity contribution in [2.45, 2.75) is 52.5 Å². The number of aryl methyl sites for hydroxylation is 1. The van der Waals surface area contributed by atoms with Crippen LogP contribution in [0.1, 0.15) is 34.2 Å². The Bertz CT molecular complexity index is 1180. The van der Waals surface area contributed by atoms with Gasteiger partial charge in [0.15, 0.2) is 5.65 Å². The lowest BCUT2D eigenvalue weighted by Crippen LogP contribution is -2.29. The summed E-state index contributed by atoms with van der Waals surface area (Å²) < 4.78 is 31.3. The van der Waals surface area contributed by atoms with Gasteiger partial charge in [-0.05, 0) is 81.0 Å². The van der Waals surface area contributed by atoms with Crippen LogP contribution in [0.3, 0.4) is 0 Å². The number of hydrogen-bond donors (Lipinski definition) is 1. The zero-order chi connectivity index (χ0) is 20.6. The number of hydrogen-bond acceptors (Lipinski definition) is 4. The van der Waals surface area contributed by atoms with E-state index in [2.05, 4.69) is 9.82 Å². The van der Waals surface area contributed by atoms with Gasteiger partial charge in [-0.2, -0.15) is 0 Å². The third-order valence-electron chi connectivity index (χ3n) is 5.53. The normalized spacial score (nSPS) is 12.0. The lowest BCUT2D eigenvalue weighted by atomic mass is 9.95. The number of sulfonamides is 1. The van der Waals surface area contributed by atoms with Crippen LogP contribution >= 0.6 is 0 Å². The molecule has 150 valence electrons. The zero-order valence-corrected chi connectivity index (χ0v) is 17.7. The molecule has 0 aliphatic rings. The summed E-state index contributed by atoms with van der Waals surface area (Å²) in [7, 11) is -3.64. The Hall–Kier alpha value is -2.45. The Morgan fingerprint density at radius 1 is 0.964 bits per heavy atom. The fourth-order valence-corrected chi connectivity index (χ4v) is 5.16. The van der Waals surface area contributed by atoms with Gasteiger partial charge in [0.25, 0.3) is 0 Å². The van der Waals surface area contributed by atoms with Crippen LogP contribution in [0.15, 0.2) is 34.1 Å². The van der Waals surface area contributed by atoms with Crippen LogP contribution in [0.5, 0.6) is 0 Å². The first-order chi connectivity index (χ1) is 13.1. The van der Waals surface area contributed by atoms with Crippen molar-refractivity contribution in [3.63, 3.8) is 0 Å². The number of pyridine rings is 1. The molecule has 0 radical (unpaired) electrons. The smallest absolute Gasteiger partial charge is 0.250 e. The Morgan fingerprint density at radius 2 is 1.57 bits per heavy atom. The van der Waals surface area contributed by atoms with E-state index in [-0.39, 0.29) is 12.2 Å². The third kappa shape index (κ3) is 3.49. The largest absolute Gasteiger partial charge is 0.350 e. The van der Waals surface area contributed by atoms with Gasteiger partial charge in [0.1, 0.15) is 0 Å². The molecule has 3 aromatic rings. The Balaban J connectivity index is 1.74. The van der Waals surface area contributed by atoms with E-state index >= 15 is 0 Å². The van der Waals surface area contributed by atoms with Crippen molar-refractivity contribution in [3.8, 4) is 0 Å². The van der Waals surface area contributed by atoms with Crippen LogP contribution in [-0.4, -0.2) is 29.1 Å². The van der Waals surface area contributed by atoms with Crippen LogP contribution in [0.2, 0.25) is 0 Å². The maximum atomic E-state index is 12.9. The van der Waals surface area contributed by atoms with E-state index in [0.29, 0.717) is 23.5 Å². The lowest BCUT2D eigenvalue weighted by molar-refractivity contribution is 0.542. The van der Waals surface area contributed by atoms with E-state index in [4.69, 9.17) is 0 Å². The predicted molar refractivity (Wildman–Crippen MR) is 109 cm³/mol. The topological polar surface area (TPSA) is 85.5 Å². The molecule has 2 heterocycles. The van der Waals surface area contributed by atoms with Gasteiger partial charge in [-0.15, -0.1) is 5.10 Å². The number of aromatic nitrogens is 3. The number of fused-ring (bicyclic) bond motifs is 1. The monoisotopic (exact) mass is 402 g/mol. The summed E-state index contributed by atoms with van der Waals surface area (Å²) in [5.41, 5.74) is 5.04. The molecule has 2 aromatic heterocycles. The van der Waals surface area contributed by atoms with Gasteiger partial charge in [-0.1, -0.05) is 6.07 Å². The second-order valence-electron chi connectivity index (χ2n) is 7.14. The lowest BCUT2D eigenvalue weighted by Gasteiger charge is -2.19. The fraction of sp³-hybridized carbons (Fsp3) is 0.400. The molecule has 0 unspecified atom stereocenters. The van der Waals surface area contributed by atoms with Gasteiger partial charge < -0.3 is 0 Å². The van der Waals surface area contributed by atoms with Crippen molar-refractivity contribution < 1.29 is 8.42 Å². The summed E-state index contributed by atoms with van der Waals surface area (Å²) in [6, 6.07) is 5.34. The maximum absolute atomic E-state index is 12.9. The first-order valence-electron chi connectivity index (χ1n) is 9.26. The van der Waals surface area contributed by atoms with Gasteiger partial charge in [0.05, 0.1) is 4.90 Å². The molecule has 0 aliphatic carbocycles. The van der Waals surface area contributed by atoms with Gasteiger partial charge in [0.2, 0.25) is 10.0 Å². The van der Waals surface area contributed by atoms with Gasteiger partial charge in [-0.3, -0.25) is 4.40 Å². The van der Waals surface area contributed by atoms with Crippen molar-refractivity contribution >= 4 is 15.7 Å². The summed E-state index contributed by atoms with van der Waals surface area (Å²) in [4.78, 5) is 12.6. The van der Waals surface area contributed by atoms with Crippen molar-refractivity contribution in [1.82, 2.24) is 18.9 Å². The van der Waals surface area contributed by atoms with Crippen LogP contribution in [0, 0.1) is 34.6 Å². The summed E-state index contributed by atoms with van der Waals surface area (Å²) in [6.07, 6.45) is 2.13. The number of nitrogens with one attached hydrogen (secondary N) is 1. The molecular weight excluding hydrogens is 376 g/mol. The van der Waals surface area contributed by atoms with E-state index in [9.17, 15) is 13.2 Å². The summed E-state index contributed by atoms with van der Waals surface area (Å²) in [5, 5.41) is 4.26. The highest BCUT2D eigenvalue weighted by molar-refractivity contribution is 7.89. The van der Waals surface area contributed by atoms with Gasteiger partial charge >= 0.3 is 5.69 Å². The van der Waals surface area contributed by atoms with E-state index in [1.54, 1.807) is 18.3 Å². The molecular formula is C20H26N4O3S. The highest BCUT2D eigenvalue weighted by Gasteiger charge is 2.23. The molecule has 0 saturated carbocycles. The summed E-state index contributed by atoms with van der Waals surface area (Å²) in [5.74, 6) is 0. The molecule has 7 nitrogen and oxygen atoms in total. The maximum Gasteiger partial charge on any atom is 0.350 e. The highest BCUT2D eigenvalue weighted by atomic mass is 32.2. The summed E-state index contributed by atoms with van der Waals surface area (Å²) in [6.45, 7) is 10.2. The molecule has 0 amide bonds. The molecule has 1 aromatic carbocycles. The molecule has 0 atom stereocenters. The van der Waals surface area contributed by atoms with Gasteiger partial charge in [-0.25, -0.2) is 22.6 Å². The van der Waals surface area contributed by atoms with E-state index in [1.807, 2.05) is 40.7 Å². The van der Waals surface area contributed by atoms with Crippen molar-refractivity contribution in [2.24, 2.45) is 0 Å². The zero-order valence-electron chi connectivity index (χ0n) is 16.9. The standard InChI is InChI=1S/C20H26N4O3S/c1-13-14(2)16(4)19(17(5)15(13)3)28(26,27)21-10-8-12-24-20(25)23-11-7-6-9-18(23)22-24/h6-7,9,11,21H,8,10,12H2,1-5H3. The molecule has 3 rings (SSSR count). The average molecular weight is 403 g/mol. The predicted octanol–water partition coefficient (Wildman–Crippen LogP) is 2.41. The molecule has 1 N–H and O–H groups in total. The number of benzene rings is 1. The Morgan fingerprint density at radius 3 is 2.18 bits per heavy atom. The number of nitrogens with zero attached hydrogens (tertiary/aromatic N) is 3. The molecule has 0 bridgehead atoms. The second kappa shape index (κ2) is 7.52. The average Bonchev–Trinajstić information content (AvgIpc) is 2.98. The molecule has 0 fully saturated rings. The molecule has 0 aliphatic heterocycles. The quantitative estimate of drug-likeness (QED) is 0.642. The molecule has 0 spiro atoms. The highest BCUT2D eigenvalue weighted by Crippen LogP contribution is 2.29. The van der Waals surface area contributed by atoms with Crippen LogP contribution in [-0.2, 0) is 16.6 Å². The van der Waals surface area contributed by atoms with Crippen molar-refractivity contribution in [3.05, 3.63) is 62.7 Å². The Kier molecular flexibility index (Phi) is 5.45. The van der Waals surface area contributed by atoms with E-state index in [1.165, 1.54) is 9.08 Å². The molecule has 0 saturated heterocycles. The van der Waals surface area contributed by atoms with Crippen LogP contribution in [0.25, 0.3) is 5.65 Å². The van der Waals surface area contributed by atoms with Gasteiger partial charge in [0, 0.05) is 19.3 Å².